The van der Waals surface area contributed by atoms with Crippen molar-refractivity contribution in [2.45, 2.75) is 4.90 Å². The van der Waals surface area contributed by atoms with E-state index < -0.39 is 10.1 Å². The lowest BCUT2D eigenvalue weighted by molar-refractivity contribution is 0.483. The molecule has 0 saturated heterocycles. The second-order valence-electron chi connectivity index (χ2n) is 2.16. The summed E-state index contributed by atoms with van der Waals surface area (Å²) in [6.45, 7) is 0. The first kappa shape index (κ1) is 9.31. The molecule has 0 unspecified atom stereocenters. The molecule has 0 bridgehead atoms. The monoisotopic (exact) mass is 207 g/mol. The van der Waals surface area contributed by atoms with E-state index in [1.807, 2.05) is 0 Å². The number of nitrogens with two attached hydrogens (primary N) is 1. The van der Waals surface area contributed by atoms with Crippen LogP contribution in [-0.4, -0.2) is 13.0 Å². The van der Waals surface area contributed by atoms with Crippen molar-refractivity contribution in [3.8, 4) is 0 Å². The summed E-state index contributed by atoms with van der Waals surface area (Å²) in [5.41, 5.74) is 5.22. The summed E-state index contributed by atoms with van der Waals surface area (Å²) in [6, 6.07) is 3.73. The summed E-state index contributed by atoms with van der Waals surface area (Å²) in [5.74, 6) is 0. The Kier molecular flexibility index (Phi) is 2.27. The van der Waals surface area contributed by atoms with Gasteiger partial charge in [0.25, 0.3) is 10.1 Å². The zero-order valence-corrected chi connectivity index (χ0v) is 7.43. The molecule has 12 heavy (non-hydrogen) atoms. The Balaban J connectivity index is 3.39. The van der Waals surface area contributed by atoms with Crippen molar-refractivity contribution in [3.05, 3.63) is 23.2 Å². The van der Waals surface area contributed by atoms with Gasteiger partial charge in [-0.2, -0.15) is 8.42 Å². The molecule has 0 aliphatic heterocycles. The average Bonchev–Trinajstić information content (AvgIpc) is 1.83. The number of benzene rings is 1. The summed E-state index contributed by atoms with van der Waals surface area (Å²) in [6.07, 6.45) is 0. The largest absolute Gasteiger partial charge is 0.398 e. The van der Waals surface area contributed by atoms with Gasteiger partial charge in [0.2, 0.25) is 0 Å². The van der Waals surface area contributed by atoms with Crippen molar-refractivity contribution in [1.29, 1.82) is 0 Å². The Morgan fingerprint density at radius 1 is 1.42 bits per heavy atom. The van der Waals surface area contributed by atoms with E-state index in [0.717, 1.165) is 6.07 Å². The van der Waals surface area contributed by atoms with Crippen molar-refractivity contribution in [1.82, 2.24) is 0 Å². The molecule has 66 valence electrons. The summed E-state index contributed by atoms with van der Waals surface area (Å²) in [7, 11) is -4.23. The van der Waals surface area contributed by atoms with E-state index in [9.17, 15) is 8.42 Å². The predicted octanol–water partition coefficient (Wildman–Crippen LogP) is 1.17. The molecule has 0 saturated carbocycles. The van der Waals surface area contributed by atoms with Gasteiger partial charge in [-0.25, -0.2) is 0 Å². The molecular formula is C6H6ClNO3S. The lowest BCUT2D eigenvalue weighted by Gasteiger charge is -2.00. The fourth-order valence-corrected chi connectivity index (χ4v) is 1.53. The topological polar surface area (TPSA) is 80.4 Å². The zero-order chi connectivity index (χ0) is 9.35. The minimum atomic E-state index is -4.23. The molecule has 0 radical (unpaired) electrons. The van der Waals surface area contributed by atoms with Crippen LogP contribution in [0.15, 0.2) is 23.1 Å². The van der Waals surface area contributed by atoms with E-state index in [1.165, 1.54) is 12.1 Å². The van der Waals surface area contributed by atoms with Gasteiger partial charge in [0.15, 0.2) is 0 Å². The van der Waals surface area contributed by atoms with Gasteiger partial charge in [0.05, 0.1) is 5.69 Å². The van der Waals surface area contributed by atoms with E-state index in [4.69, 9.17) is 21.9 Å². The smallest absolute Gasteiger partial charge is 0.296 e. The van der Waals surface area contributed by atoms with Crippen LogP contribution in [0.25, 0.3) is 0 Å². The molecule has 6 heteroatoms. The summed E-state index contributed by atoms with van der Waals surface area (Å²) >= 11 is 5.51. The van der Waals surface area contributed by atoms with E-state index in [0.29, 0.717) is 5.02 Å². The number of halogens is 1. The molecule has 1 aromatic carbocycles. The normalized spacial score (nSPS) is 11.5. The molecule has 1 aromatic rings. The summed E-state index contributed by atoms with van der Waals surface area (Å²) in [5, 5.41) is 0.319. The van der Waals surface area contributed by atoms with Gasteiger partial charge in [-0.05, 0) is 18.2 Å². The molecule has 1 rings (SSSR count). The van der Waals surface area contributed by atoms with Crippen molar-refractivity contribution < 1.29 is 13.0 Å². The van der Waals surface area contributed by atoms with Gasteiger partial charge in [-0.3, -0.25) is 4.55 Å². The van der Waals surface area contributed by atoms with Gasteiger partial charge in [0.1, 0.15) is 4.90 Å². The quantitative estimate of drug-likeness (QED) is 0.535. The number of rotatable bonds is 1. The van der Waals surface area contributed by atoms with Crippen LogP contribution in [0.5, 0.6) is 0 Å². The molecule has 3 N–H and O–H groups in total. The van der Waals surface area contributed by atoms with E-state index in [2.05, 4.69) is 0 Å². The van der Waals surface area contributed by atoms with Crippen LogP contribution in [0.2, 0.25) is 5.02 Å². The number of hydrogen-bond acceptors (Lipinski definition) is 3. The van der Waals surface area contributed by atoms with Crippen molar-refractivity contribution in [3.63, 3.8) is 0 Å². The first-order valence-electron chi connectivity index (χ1n) is 2.94. The fraction of sp³-hybridized carbons (Fsp3) is 0. The van der Waals surface area contributed by atoms with E-state index >= 15 is 0 Å². The maximum Gasteiger partial charge on any atom is 0.296 e. The summed E-state index contributed by atoms with van der Waals surface area (Å²) < 4.78 is 29.8. The number of anilines is 1. The van der Waals surface area contributed by atoms with Crippen LogP contribution in [0, 0.1) is 0 Å². The second-order valence-corrected chi connectivity index (χ2v) is 3.98. The Morgan fingerprint density at radius 3 is 2.42 bits per heavy atom. The third-order valence-corrected chi connectivity index (χ3v) is 2.41. The van der Waals surface area contributed by atoms with Gasteiger partial charge < -0.3 is 5.73 Å². The van der Waals surface area contributed by atoms with Crippen LogP contribution >= 0.6 is 11.6 Å². The van der Waals surface area contributed by atoms with Crippen molar-refractivity contribution in [2.75, 3.05) is 5.73 Å². The SMILES string of the molecule is Nc1cc(Cl)ccc1S(=O)(=O)O. The molecule has 0 amide bonds. The molecule has 4 nitrogen and oxygen atoms in total. The van der Waals surface area contributed by atoms with Crippen LogP contribution in [-0.2, 0) is 10.1 Å². The van der Waals surface area contributed by atoms with Crippen molar-refractivity contribution >= 4 is 27.4 Å². The minimum absolute atomic E-state index is 0.0648. The van der Waals surface area contributed by atoms with Crippen LogP contribution in [0.3, 0.4) is 0 Å². The number of hydrogen-bond donors (Lipinski definition) is 2. The van der Waals surface area contributed by atoms with Crippen LogP contribution in [0.1, 0.15) is 0 Å². The average molecular weight is 208 g/mol. The van der Waals surface area contributed by atoms with Crippen LogP contribution < -0.4 is 5.73 Å². The molecular weight excluding hydrogens is 202 g/mol. The van der Waals surface area contributed by atoms with Gasteiger partial charge in [-0.15, -0.1) is 0 Å². The standard InChI is InChI=1S/C6H6ClNO3S/c7-4-1-2-6(5(8)3-4)12(9,10)11/h1-3H,8H2,(H,9,10,11). The molecule has 0 fully saturated rings. The Bertz CT molecular complexity index is 401. The highest BCUT2D eigenvalue weighted by Gasteiger charge is 2.12. The zero-order valence-electron chi connectivity index (χ0n) is 5.86. The highest BCUT2D eigenvalue weighted by Crippen LogP contribution is 2.21. The Hall–Kier alpha value is -0.780. The molecule has 0 heterocycles. The maximum absolute atomic E-state index is 10.6. The van der Waals surface area contributed by atoms with Gasteiger partial charge >= 0.3 is 0 Å². The third kappa shape index (κ3) is 1.88. The fourth-order valence-electron chi connectivity index (χ4n) is 0.754. The Morgan fingerprint density at radius 2 is 2.00 bits per heavy atom. The highest BCUT2D eigenvalue weighted by molar-refractivity contribution is 7.86. The highest BCUT2D eigenvalue weighted by atomic mass is 35.5. The molecule has 0 aromatic heterocycles. The van der Waals surface area contributed by atoms with E-state index in [-0.39, 0.29) is 10.6 Å². The number of nitrogen functional groups attached to an aromatic ring is 1. The molecule has 0 aliphatic rings. The first-order valence-corrected chi connectivity index (χ1v) is 4.75. The van der Waals surface area contributed by atoms with Crippen LogP contribution in [0.4, 0.5) is 5.69 Å². The molecule has 0 aliphatic carbocycles. The Labute approximate surface area is 74.7 Å². The molecule has 0 atom stereocenters. The third-order valence-electron chi connectivity index (χ3n) is 1.25. The van der Waals surface area contributed by atoms with Gasteiger partial charge in [-0.1, -0.05) is 11.6 Å². The van der Waals surface area contributed by atoms with Gasteiger partial charge in [0, 0.05) is 5.02 Å². The minimum Gasteiger partial charge on any atom is -0.398 e. The second kappa shape index (κ2) is 2.93. The molecule has 0 spiro atoms. The lowest BCUT2D eigenvalue weighted by atomic mass is 10.3. The first-order chi connectivity index (χ1) is 5.41. The maximum atomic E-state index is 10.6. The van der Waals surface area contributed by atoms with E-state index in [1.54, 1.807) is 0 Å². The lowest BCUT2D eigenvalue weighted by Crippen LogP contribution is -2.02. The van der Waals surface area contributed by atoms with Crippen molar-refractivity contribution in [2.24, 2.45) is 0 Å². The summed E-state index contributed by atoms with van der Waals surface area (Å²) in [4.78, 5) is -0.327. The predicted molar refractivity (Wildman–Crippen MR) is 45.7 cm³/mol.